The smallest absolute Gasteiger partial charge is 0.175 e. The van der Waals surface area contributed by atoms with Crippen molar-refractivity contribution in [3.63, 3.8) is 0 Å². The van der Waals surface area contributed by atoms with E-state index >= 15 is 0 Å². The van der Waals surface area contributed by atoms with Gasteiger partial charge in [-0.2, -0.15) is 5.10 Å². The minimum Gasteiger partial charge on any atom is -0.497 e. The number of hydrogen-bond acceptors (Lipinski definition) is 4. The number of hydrogen-bond donors (Lipinski definition) is 0. The second kappa shape index (κ2) is 6.41. The Bertz CT molecular complexity index is 962. The summed E-state index contributed by atoms with van der Waals surface area (Å²) in [5, 5.41) is 4.46. The fourth-order valence-electron chi connectivity index (χ4n) is 2.35. The molecule has 0 aliphatic rings. The van der Waals surface area contributed by atoms with Crippen molar-refractivity contribution >= 4 is 25.8 Å². The van der Waals surface area contributed by atoms with E-state index in [0.29, 0.717) is 9.50 Å². The van der Waals surface area contributed by atoms with Gasteiger partial charge in [0.1, 0.15) is 10.4 Å². The number of aromatic nitrogens is 2. The van der Waals surface area contributed by atoms with Gasteiger partial charge in [-0.1, -0.05) is 12.1 Å². The van der Waals surface area contributed by atoms with Crippen LogP contribution in [0.2, 0.25) is 0 Å². The molecule has 5 nitrogen and oxygen atoms in total. The maximum absolute atomic E-state index is 11.6. The lowest BCUT2D eigenvalue weighted by Crippen LogP contribution is -2.00. The number of halogens is 1. The van der Waals surface area contributed by atoms with E-state index in [-0.39, 0.29) is 0 Å². The first-order chi connectivity index (χ1) is 11.4. The lowest BCUT2D eigenvalue weighted by molar-refractivity contribution is 0.414. The highest BCUT2D eigenvalue weighted by Crippen LogP contribution is 2.28. The largest absolute Gasteiger partial charge is 0.497 e. The zero-order chi connectivity index (χ0) is 17.3. The number of sulfone groups is 1. The van der Waals surface area contributed by atoms with Crippen LogP contribution in [0, 0.1) is 0 Å². The highest BCUT2D eigenvalue weighted by molar-refractivity contribution is 9.10. The van der Waals surface area contributed by atoms with Crippen molar-refractivity contribution in [2.75, 3.05) is 13.4 Å². The Morgan fingerprint density at radius 1 is 1.04 bits per heavy atom. The molecule has 0 aliphatic carbocycles. The monoisotopic (exact) mass is 406 g/mol. The van der Waals surface area contributed by atoms with Crippen molar-refractivity contribution in [2.45, 2.75) is 4.90 Å². The third-order valence-electron chi connectivity index (χ3n) is 3.57. The minimum atomic E-state index is -3.21. The first-order valence-electron chi connectivity index (χ1n) is 7.09. The van der Waals surface area contributed by atoms with Crippen LogP contribution in [-0.2, 0) is 9.84 Å². The maximum Gasteiger partial charge on any atom is 0.175 e. The fraction of sp³-hybridized carbons (Fsp3) is 0.118. The molecule has 0 saturated carbocycles. The summed E-state index contributed by atoms with van der Waals surface area (Å²) in [5.74, 6) is 0.768. The summed E-state index contributed by atoms with van der Waals surface area (Å²) >= 11 is 3.40. The van der Waals surface area contributed by atoms with E-state index in [4.69, 9.17) is 4.74 Å². The van der Waals surface area contributed by atoms with Gasteiger partial charge in [-0.25, -0.2) is 13.1 Å². The van der Waals surface area contributed by atoms with Crippen LogP contribution in [0.4, 0.5) is 0 Å². The number of ether oxygens (including phenoxy) is 1. The number of methoxy groups -OCH3 is 1. The Kier molecular flexibility index (Phi) is 4.47. The van der Waals surface area contributed by atoms with E-state index < -0.39 is 9.84 Å². The molecular weight excluding hydrogens is 392 g/mol. The van der Waals surface area contributed by atoms with Gasteiger partial charge in [0.05, 0.1) is 23.4 Å². The summed E-state index contributed by atoms with van der Waals surface area (Å²) in [5.41, 5.74) is 2.60. The zero-order valence-electron chi connectivity index (χ0n) is 13.1. The van der Waals surface area contributed by atoms with Gasteiger partial charge in [0.2, 0.25) is 0 Å². The lowest BCUT2D eigenvalue weighted by atomic mass is 10.1. The summed E-state index contributed by atoms with van der Waals surface area (Å²) in [4.78, 5) is 0.292. The summed E-state index contributed by atoms with van der Waals surface area (Å²) in [6, 6.07) is 16.2. The highest BCUT2D eigenvalue weighted by atomic mass is 79.9. The molecule has 0 amide bonds. The van der Waals surface area contributed by atoms with Gasteiger partial charge < -0.3 is 4.74 Å². The molecule has 1 heterocycles. The van der Waals surface area contributed by atoms with E-state index in [9.17, 15) is 8.42 Å². The average molecular weight is 407 g/mol. The number of rotatable bonds is 4. The number of nitrogens with zero attached hydrogens (tertiary/aromatic N) is 2. The molecule has 0 radical (unpaired) electrons. The molecule has 3 aromatic rings. The van der Waals surface area contributed by atoms with E-state index in [2.05, 4.69) is 21.0 Å². The average Bonchev–Trinajstić information content (AvgIpc) is 2.96. The second-order valence-corrected chi connectivity index (χ2v) is 8.09. The Balaban J connectivity index is 2.05. The normalized spacial score (nSPS) is 11.5. The van der Waals surface area contributed by atoms with E-state index in [0.717, 1.165) is 22.7 Å². The minimum absolute atomic E-state index is 0.292. The van der Waals surface area contributed by atoms with Crippen molar-refractivity contribution in [3.05, 3.63) is 59.2 Å². The maximum atomic E-state index is 11.6. The van der Waals surface area contributed by atoms with Crippen LogP contribution in [0.25, 0.3) is 16.9 Å². The SMILES string of the molecule is COc1ccc(-n2nc(Br)cc2-c2ccc(S(C)(=O)=O)cc2)cc1. The Morgan fingerprint density at radius 3 is 2.21 bits per heavy atom. The quantitative estimate of drug-likeness (QED) is 0.662. The molecule has 3 rings (SSSR count). The van der Waals surface area contributed by atoms with Crippen LogP contribution < -0.4 is 4.74 Å². The van der Waals surface area contributed by atoms with Crippen LogP contribution in [0.15, 0.2) is 64.1 Å². The van der Waals surface area contributed by atoms with Crippen LogP contribution >= 0.6 is 15.9 Å². The summed E-state index contributed by atoms with van der Waals surface area (Å²) < 4.78 is 30.9. The van der Waals surface area contributed by atoms with Crippen molar-refractivity contribution < 1.29 is 13.2 Å². The van der Waals surface area contributed by atoms with Gasteiger partial charge in [0.25, 0.3) is 0 Å². The predicted octanol–water partition coefficient (Wildman–Crippen LogP) is 3.71. The van der Waals surface area contributed by atoms with Crippen LogP contribution in [0.5, 0.6) is 5.75 Å². The molecule has 0 saturated heterocycles. The fourth-order valence-corrected chi connectivity index (χ4v) is 3.36. The van der Waals surface area contributed by atoms with Gasteiger partial charge in [-0.15, -0.1) is 0 Å². The zero-order valence-corrected chi connectivity index (χ0v) is 15.5. The molecule has 1 aromatic heterocycles. The van der Waals surface area contributed by atoms with Crippen LogP contribution in [0.3, 0.4) is 0 Å². The predicted molar refractivity (Wildman–Crippen MR) is 96.4 cm³/mol. The molecule has 0 N–H and O–H groups in total. The highest BCUT2D eigenvalue weighted by Gasteiger charge is 2.12. The molecule has 0 unspecified atom stereocenters. The van der Waals surface area contributed by atoms with Gasteiger partial charge in [0.15, 0.2) is 9.84 Å². The molecular formula is C17H15BrN2O3S. The standard InChI is InChI=1S/C17H15BrN2O3S/c1-23-14-7-5-13(6-8-14)20-16(11-17(18)19-20)12-3-9-15(10-4-12)24(2,21)22/h3-11H,1-2H3. The molecule has 0 aliphatic heterocycles. The Labute approximate surface area is 148 Å². The van der Waals surface area contributed by atoms with Gasteiger partial charge >= 0.3 is 0 Å². The second-order valence-electron chi connectivity index (χ2n) is 5.26. The van der Waals surface area contributed by atoms with Crippen molar-refractivity contribution in [3.8, 4) is 22.7 Å². The molecule has 0 spiro atoms. The topological polar surface area (TPSA) is 61.2 Å². The Morgan fingerprint density at radius 2 is 1.67 bits per heavy atom. The third kappa shape index (κ3) is 3.37. The van der Waals surface area contributed by atoms with Gasteiger partial charge in [0, 0.05) is 11.8 Å². The molecule has 124 valence electrons. The van der Waals surface area contributed by atoms with Crippen molar-refractivity contribution in [1.82, 2.24) is 9.78 Å². The molecule has 2 aromatic carbocycles. The van der Waals surface area contributed by atoms with Crippen LogP contribution in [0.1, 0.15) is 0 Å². The molecule has 0 fully saturated rings. The Hall–Kier alpha value is -2.12. The molecule has 0 bridgehead atoms. The van der Waals surface area contributed by atoms with Gasteiger partial charge in [-0.3, -0.25) is 0 Å². The summed E-state index contributed by atoms with van der Waals surface area (Å²) in [6.45, 7) is 0. The number of benzene rings is 2. The van der Waals surface area contributed by atoms with Crippen molar-refractivity contribution in [1.29, 1.82) is 0 Å². The molecule has 0 atom stereocenters. The first kappa shape index (κ1) is 16.7. The first-order valence-corrected chi connectivity index (χ1v) is 9.77. The molecule has 7 heteroatoms. The summed E-state index contributed by atoms with van der Waals surface area (Å²) in [6.07, 6.45) is 1.19. The van der Waals surface area contributed by atoms with E-state index in [1.807, 2.05) is 30.3 Å². The van der Waals surface area contributed by atoms with Gasteiger partial charge in [-0.05, 0) is 58.4 Å². The van der Waals surface area contributed by atoms with E-state index in [1.54, 1.807) is 36.1 Å². The molecule has 24 heavy (non-hydrogen) atoms. The summed E-state index contributed by atoms with van der Waals surface area (Å²) in [7, 11) is -1.59. The van der Waals surface area contributed by atoms with Crippen LogP contribution in [-0.4, -0.2) is 31.6 Å². The van der Waals surface area contributed by atoms with E-state index in [1.165, 1.54) is 6.26 Å². The lowest BCUT2D eigenvalue weighted by Gasteiger charge is -2.09. The van der Waals surface area contributed by atoms with Crippen molar-refractivity contribution in [2.24, 2.45) is 0 Å². The third-order valence-corrected chi connectivity index (χ3v) is 5.09.